The average molecular weight is 840 g/mol. The van der Waals surface area contributed by atoms with Gasteiger partial charge in [0.1, 0.15) is 0 Å². The van der Waals surface area contributed by atoms with E-state index < -0.39 is 20.7 Å². The Morgan fingerprint density at radius 1 is 0.556 bits per heavy atom. The standard InChI is InChI=1S/2C22H25.C2H3BN2O2.2ClH.Zr/c2*1-3-5-10-18-11-6-7-13-20(18)21-14-8-12-19-15-17(9-4-2)16-22(19)21;6-1-4-3-5-2-7;;;/h2*6-8,11-16H,3-5,9-10H2,1-2H3;1-2H,(H-,4,5,6,7);2*1H;/q;;;;;+1/p-1. The van der Waals surface area contributed by atoms with Gasteiger partial charge in [-0.25, -0.2) is 0 Å². The quantitative estimate of drug-likeness (QED) is 0.0730. The number of amides is 2. The molecular weight excluding hydrogens is 785 g/mol. The molecule has 0 bridgehead atoms. The van der Waals surface area contributed by atoms with Gasteiger partial charge in [0.2, 0.25) is 0 Å². The van der Waals surface area contributed by atoms with E-state index in [0.29, 0.717) is 12.8 Å². The molecule has 8 heteroatoms. The van der Waals surface area contributed by atoms with Crippen LogP contribution in [0.25, 0.3) is 34.4 Å². The van der Waals surface area contributed by atoms with E-state index in [1.807, 2.05) is 0 Å². The summed E-state index contributed by atoms with van der Waals surface area (Å²) in [5, 5.41) is 6.03. The molecule has 2 aliphatic carbocycles. The van der Waals surface area contributed by atoms with Crippen molar-refractivity contribution in [3.8, 4) is 22.3 Å². The molecule has 4 nitrogen and oxygen atoms in total. The Bertz CT molecular complexity index is 1920. The predicted octanol–water partition coefficient (Wildman–Crippen LogP) is 12.4. The SMILES string of the molecule is CCCCc1ccccc1-c1cccc2c1C=C(CCC)[CH]2[Zr]([Cl])([Cl])([B](NC=O)NC=O)[CH]1C(CCC)=Cc2c(-c3ccccc3CCCC)cccc21. The van der Waals surface area contributed by atoms with Gasteiger partial charge in [0.05, 0.1) is 0 Å². The molecule has 0 radical (unpaired) electrons. The number of rotatable bonds is 19. The summed E-state index contributed by atoms with van der Waals surface area (Å²) in [6.45, 7) is 8.84. The average Bonchev–Trinajstić information content (AvgIpc) is 3.76. The van der Waals surface area contributed by atoms with E-state index in [4.69, 9.17) is 17.0 Å². The third kappa shape index (κ3) is 7.40. The molecule has 2 N–H and O–H groups in total. The molecule has 4 aromatic carbocycles. The van der Waals surface area contributed by atoms with Gasteiger partial charge >= 0.3 is 334 Å². The van der Waals surface area contributed by atoms with Crippen molar-refractivity contribution in [1.29, 1.82) is 0 Å². The van der Waals surface area contributed by atoms with E-state index in [9.17, 15) is 9.59 Å². The number of aryl methyl sites for hydroxylation is 2. The maximum absolute atomic E-state index is 12.6. The van der Waals surface area contributed by atoms with Gasteiger partial charge in [-0.2, -0.15) is 0 Å². The fourth-order valence-corrected chi connectivity index (χ4v) is 30.2. The Morgan fingerprint density at radius 2 is 0.963 bits per heavy atom. The summed E-state index contributed by atoms with van der Waals surface area (Å²) in [5.41, 5.74) is 14.3. The van der Waals surface area contributed by atoms with Crippen LogP contribution in [0, 0.1) is 0 Å². The van der Waals surface area contributed by atoms with Crippen molar-refractivity contribution >= 4 is 46.5 Å². The molecule has 0 heterocycles. The molecule has 54 heavy (non-hydrogen) atoms. The molecule has 0 spiro atoms. The van der Waals surface area contributed by atoms with Crippen molar-refractivity contribution in [2.45, 2.75) is 99.2 Å². The first-order chi connectivity index (χ1) is 26.3. The number of allylic oxidation sites excluding steroid dienone is 2. The molecule has 2 unspecified atom stereocenters. The molecule has 0 aliphatic heterocycles. The van der Waals surface area contributed by atoms with Crippen LogP contribution in [-0.4, -0.2) is 17.3 Å². The minimum atomic E-state index is -5.85. The fraction of sp³-hybridized carbons (Fsp3) is 0.348. The summed E-state index contributed by atoms with van der Waals surface area (Å²) >= 11 is -5.85. The summed E-state index contributed by atoms with van der Waals surface area (Å²) in [5.74, 6) is 0. The van der Waals surface area contributed by atoms with Crippen molar-refractivity contribution in [2.24, 2.45) is 0 Å². The zero-order chi connectivity index (χ0) is 38.3. The number of benzene rings is 4. The second-order valence-corrected chi connectivity index (χ2v) is 36.6. The van der Waals surface area contributed by atoms with Crippen LogP contribution >= 0.6 is 17.0 Å². The molecule has 2 atom stereocenters. The Kier molecular flexibility index (Phi) is 13.3. The minimum absolute atomic E-state index is 0.367. The monoisotopic (exact) mass is 837 g/mol. The molecule has 2 amide bonds. The predicted molar refractivity (Wildman–Crippen MR) is 228 cm³/mol. The number of halogens is 2. The van der Waals surface area contributed by atoms with Crippen molar-refractivity contribution in [1.82, 2.24) is 10.5 Å². The van der Waals surface area contributed by atoms with Crippen LogP contribution in [0.4, 0.5) is 0 Å². The van der Waals surface area contributed by atoms with Crippen LogP contribution in [0.3, 0.4) is 0 Å². The van der Waals surface area contributed by atoms with Crippen LogP contribution < -0.4 is 10.5 Å². The Labute approximate surface area is 331 Å². The number of carbonyl (C=O) groups excluding carboxylic acids is 2. The van der Waals surface area contributed by atoms with E-state index in [1.165, 1.54) is 44.5 Å². The maximum atomic E-state index is 12.6. The van der Waals surface area contributed by atoms with Gasteiger partial charge in [-0.15, -0.1) is 0 Å². The van der Waals surface area contributed by atoms with Gasteiger partial charge in [-0.05, 0) is 0 Å². The van der Waals surface area contributed by atoms with Crippen molar-refractivity contribution in [2.75, 3.05) is 0 Å². The third-order valence-corrected chi connectivity index (χ3v) is 31.8. The van der Waals surface area contributed by atoms with Crippen molar-refractivity contribution in [3.63, 3.8) is 0 Å². The Balaban J connectivity index is 1.64. The second kappa shape index (κ2) is 17.7. The molecule has 281 valence electrons. The van der Waals surface area contributed by atoms with Crippen molar-refractivity contribution in [3.05, 3.63) is 129 Å². The number of hydrogen-bond donors (Lipinski definition) is 2. The molecular formula is C46H54BCl2N2O2Zr. The first-order valence-electron chi connectivity index (χ1n) is 20.1. The van der Waals surface area contributed by atoms with Crippen LogP contribution in [0.2, 0.25) is 0 Å². The van der Waals surface area contributed by atoms with Gasteiger partial charge in [0.15, 0.2) is 0 Å². The zero-order valence-corrected chi connectivity index (χ0v) is 36.2. The third-order valence-electron chi connectivity index (χ3n) is 11.7. The van der Waals surface area contributed by atoms with Crippen LogP contribution in [0.15, 0.2) is 96.1 Å². The Hall–Kier alpha value is -3.17. The summed E-state index contributed by atoms with van der Waals surface area (Å²) in [4.78, 5) is 25.1. The number of unbranched alkanes of at least 4 members (excludes halogenated alkanes) is 2. The van der Waals surface area contributed by atoms with Gasteiger partial charge in [-0.1, -0.05) is 0 Å². The Morgan fingerprint density at radius 3 is 1.35 bits per heavy atom. The summed E-state index contributed by atoms with van der Waals surface area (Å²) in [6.07, 6.45) is 15.9. The number of carbonyl (C=O) groups is 2. The summed E-state index contributed by atoms with van der Waals surface area (Å²) < 4.78 is -1.67. The normalized spacial score (nSPS) is 16.7. The molecule has 0 saturated carbocycles. The molecule has 6 rings (SSSR count). The molecule has 0 aromatic heterocycles. The van der Waals surface area contributed by atoms with Crippen LogP contribution in [0.5, 0.6) is 0 Å². The van der Waals surface area contributed by atoms with Crippen LogP contribution in [-0.2, 0) is 38.6 Å². The first kappa shape index (κ1) is 40.5. The van der Waals surface area contributed by atoms with E-state index in [1.54, 1.807) is 0 Å². The molecule has 4 aromatic rings. The number of hydrogen-bond acceptors (Lipinski definition) is 2. The van der Waals surface area contributed by atoms with Gasteiger partial charge in [0.25, 0.3) is 0 Å². The molecule has 0 saturated heterocycles. The molecule has 2 aliphatic rings. The fourth-order valence-electron chi connectivity index (χ4n) is 9.45. The van der Waals surface area contributed by atoms with E-state index in [-0.39, 0.29) is 7.25 Å². The van der Waals surface area contributed by atoms with Gasteiger partial charge in [-0.3, -0.25) is 0 Å². The summed E-state index contributed by atoms with van der Waals surface area (Å²) in [6, 6.07) is 30.5. The number of nitrogens with one attached hydrogen (secondary N) is 2. The van der Waals surface area contributed by atoms with Gasteiger partial charge < -0.3 is 0 Å². The van der Waals surface area contributed by atoms with E-state index in [0.717, 1.165) is 86.5 Å². The topological polar surface area (TPSA) is 58.2 Å². The van der Waals surface area contributed by atoms with E-state index >= 15 is 0 Å². The zero-order valence-electron chi connectivity index (χ0n) is 32.3. The summed E-state index contributed by atoms with van der Waals surface area (Å²) in [7, 11) is 17.4. The van der Waals surface area contributed by atoms with Crippen LogP contribution in [0.1, 0.15) is 120 Å². The van der Waals surface area contributed by atoms with Crippen molar-refractivity contribution < 1.29 is 25.8 Å². The number of fused-ring (bicyclic) bond motifs is 2. The van der Waals surface area contributed by atoms with E-state index in [2.05, 4.69) is 135 Å². The first-order valence-corrected chi connectivity index (χ1v) is 30.7. The van der Waals surface area contributed by atoms with Gasteiger partial charge in [0, 0.05) is 0 Å². The second-order valence-electron chi connectivity index (χ2n) is 15.2. The molecule has 0 fully saturated rings.